The molecular formula is C24H40O2. The van der Waals surface area contributed by atoms with Crippen LogP contribution in [0, 0.1) is 11.8 Å². The molecule has 0 spiro atoms. The van der Waals surface area contributed by atoms with Gasteiger partial charge in [-0.05, 0) is 37.3 Å². The molecule has 0 saturated carbocycles. The molecule has 0 bridgehead atoms. The van der Waals surface area contributed by atoms with Crippen LogP contribution in [0.25, 0.3) is 0 Å². The fourth-order valence-electron chi connectivity index (χ4n) is 3.37. The highest BCUT2D eigenvalue weighted by Crippen LogP contribution is 2.21. The van der Waals surface area contributed by atoms with Gasteiger partial charge in [-0.3, -0.25) is 0 Å². The zero-order valence-electron chi connectivity index (χ0n) is 17.5. The molecule has 0 N–H and O–H groups in total. The Bertz CT molecular complexity index is 468. The van der Waals surface area contributed by atoms with Gasteiger partial charge in [-0.25, -0.2) is 4.79 Å². The number of hydrogen-bond donors (Lipinski definition) is 0. The van der Waals surface area contributed by atoms with Crippen molar-refractivity contribution in [2.45, 2.75) is 98.0 Å². The van der Waals surface area contributed by atoms with Crippen LogP contribution in [0.3, 0.4) is 0 Å². The van der Waals surface area contributed by atoms with Crippen molar-refractivity contribution in [2.24, 2.45) is 11.8 Å². The Morgan fingerprint density at radius 2 is 1.46 bits per heavy atom. The van der Waals surface area contributed by atoms with Crippen LogP contribution in [0.1, 0.15) is 102 Å². The second kappa shape index (κ2) is 13.8. The third kappa shape index (κ3) is 9.99. The molecule has 0 unspecified atom stereocenters. The summed E-state index contributed by atoms with van der Waals surface area (Å²) in [5.74, 6) is 1.01. The summed E-state index contributed by atoms with van der Waals surface area (Å²) in [6.07, 6.45) is 13.3. The Morgan fingerprint density at radius 1 is 0.846 bits per heavy atom. The standard InChI is InChI=1S/C24H40O2/c1-5-6-7-8-9-11-15-20(2)16-14-17-21(3)22(4)26-24(25)23-18-12-10-13-19-23/h10,12-13,18-22H,5-9,11,14-17H2,1-4H3/t20-,21-,22-/m0/s1. The molecule has 148 valence electrons. The minimum Gasteiger partial charge on any atom is -0.459 e. The van der Waals surface area contributed by atoms with Crippen molar-refractivity contribution in [3.8, 4) is 0 Å². The van der Waals surface area contributed by atoms with E-state index in [4.69, 9.17) is 4.74 Å². The van der Waals surface area contributed by atoms with Crippen molar-refractivity contribution in [3.63, 3.8) is 0 Å². The first-order chi connectivity index (χ1) is 12.5. The van der Waals surface area contributed by atoms with Crippen molar-refractivity contribution in [2.75, 3.05) is 0 Å². The molecular weight excluding hydrogens is 320 g/mol. The van der Waals surface area contributed by atoms with Gasteiger partial charge in [0.2, 0.25) is 0 Å². The van der Waals surface area contributed by atoms with E-state index in [1.54, 1.807) is 0 Å². The number of rotatable bonds is 14. The number of unbranched alkanes of at least 4 members (excludes halogenated alkanes) is 5. The fraction of sp³-hybridized carbons (Fsp3) is 0.708. The number of carbonyl (C=O) groups is 1. The molecule has 1 aromatic rings. The van der Waals surface area contributed by atoms with Gasteiger partial charge >= 0.3 is 5.97 Å². The molecule has 0 aromatic heterocycles. The van der Waals surface area contributed by atoms with Gasteiger partial charge in [0, 0.05) is 0 Å². The summed E-state index contributed by atoms with van der Waals surface area (Å²) in [5, 5.41) is 0. The summed E-state index contributed by atoms with van der Waals surface area (Å²) < 4.78 is 5.63. The van der Waals surface area contributed by atoms with E-state index in [1.807, 2.05) is 37.3 Å². The lowest BCUT2D eigenvalue weighted by Gasteiger charge is -2.21. The first kappa shape index (κ1) is 22.7. The summed E-state index contributed by atoms with van der Waals surface area (Å²) in [4.78, 5) is 12.1. The Kier molecular flexibility index (Phi) is 12.1. The largest absolute Gasteiger partial charge is 0.459 e. The van der Waals surface area contributed by atoms with Crippen molar-refractivity contribution in [3.05, 3.63) is 35.9 Å². The van der Waals surface area contributed by atoms with Gasteiger partial charge in [0.05, 0.1) is 5.56 Å². The summed E-state index contributed by atoms with van der Waals surface area (Å²) in [7, 11) is 0. The summed E-state index contributed by atoms with van der Waals surface area (Å²) >= 11 is 0. The van der Waals surface area contributed by atoms with E-state index in [0.717, 1.165) is 12.3 Å². The van der Waals surface area contributed by atoms with Gasteiger partial charge < -0.3 is 4.74 Å². The maximum absolute atomic E-state index is 12.1. The average Bonchev–Trinajstić information content (AvgIpc) is 2.65. The molecule has 0 fully saturated rings. The molecule has 0 aliphatic heterocycles. The predicted molar refractivity (Wildman–Crippen MR) is 111 cm³/mol. The van der Waals surface area contributed by atoms with E-state index in [2.05, 4.69) is 20.8 Å². The predicted octanol–water partition coefficient (Wildman–Crippen LogP) is 7.43. The number of ether oxygens (including phenoxy) is 1. The molecule has 0 saturated heterocycles. The van der Waals surface area contributed by atoms with Crippen molar-refractivity contribution >= 4 is 5.97 Å². The third-order valence-electron chi connectivity index (χ3n) is 5.51. The second-order valence-corrected chi connectivity index (χ2v) is 8.05. The summed E-state index contributed by atoms with van der Waals surface area (Å²) in [6.45, 7) is 8.87. The lowest BCUT2D eigenvalue weighted by atomic mass is 9.92. The van der Waals surface area contributed by atoms with Gasteiger partial charge in [0.25, 0.3) is 0 Å². The maximum Gasteiger partial charge on any atom is 0.338 e. The molecule has 0 aliphatic rings. The first-order valence-electron chi connectivity index (χ1n) is 10.8. The molecule has 0 radical (unpaired) electrons. The molecule has 2 nitrogen and oxygen atoms in total. The van der Waals surface area contributed by atoms with Crippen LogP contribution in [-0.2, 0) is 4.74 Å². The van der Waals surface area contributed by atoms with Crippen LogP contribution in [0.5, 0.6) is 0 Å². The van der Waals surface area contributed by atoms with Gasteiger partial charge in [-0.2, -0.15) is 0 Å². The molecule has 3 atom stereocenters. The molecule has 2 heteroatoms. The lowest BCUT2D eigenvalue weighted by molar-refractivity contribution is 0.0203. The molecule has 1 aromatic carbocycles. The van der Waals surface area contributed by atoms with E-state index in [9.17, 15) is 4.79 Å². The van der Waals surface area contributed by atoms with Crippen LogP contribution >= 0.6 is 0 Å². The minimum atomic E-state index is -0.207. The topological polar surface area (TPSA) is 26.3 Å². The highest BCUT2D eigenvalue weighted by Gasteiger charge is 2.18. The highest BCUT2D eigenvalue weighted by atomic mass is 16.5. The fourth-order valence-corrected chi connectivity index (χ4v) is 3.37. The molecule has 0 heterocycles. The Balaban J connectivity index is 2.12. The lowest BCUT2D eigenvalue weighted by Crippen LogP contribution is -2.22. The van der Waals surface area contributed by atoms with Gasteiger partial charge in [-0.1, -0.05) is 96.8 Å². The summed E-state index contributed by atoms with van der Waals surface area (Å²) in [5.41, 5.74) is 0.638. The van der Waals surface area contributed by atoms with Gasteiger partial charge in [-0.15, -0.1) is 0 Å². The van der Waals surface area contributed by atoms with Crippen molar-refractivity contribution in [1.82, 2.24) is 0 Å². The van der Waals surface area contributed by atoms with E-state index in [0.29, 0.717) is 11.5 Å². The second-order valence-electron chi connectivity index (χ2n) is 8.05. The quantitative estimate of drug-likeness (QED) is 0.255. The van der Waals surface area contributed by atoms with Crippen LogP contribution in [0.2, 0.25) is 0 Å². The highest BCUT2D eigenvalue weighted by molar-refractivity contribution is 5.89. The zero-order chi connectivity index (χ0) is 19.2. The smallest absolute Gasteiger partial charge is 0.338 e. The van der Waals surface area contributed by atoms with Crippen molar-refractivity contribution < 1.29 is 9.53 Å². The monoisotopic (exact) mass is 360 g/mol. The Morgan fingerprint density at radius 3 is 2.15 bits per heavy atom. The Labute approximate surface area is 161 Å². The minimum absolute atomic E-state index is 0.0309. The molecule has 0 aliphatic carbocycles. The molecule has 1 rings (SSSR count). The SMILES string of the molecule is CCCCCCCC[C@H](C)CCC[C@H](C)[C@H](C)OC(=O)c1ccccc1. The number of carbonyl (C=O) groups excluding carboxylic acids is 1. The zero-order valence-corrected chi connectivity index (χ0v) is 17.5. The van der Waals surface area contributed by atoms with E-state index < -0.39 is 0 Å². The van der Waals surface area contributed by atoms with Gasteiger partial charge in [0.1, 0.15) is 6.10 Å². The van der Waals surface area contributed by atoms with E-state index in [-0.39, 0.29) is 12.1 Å². The molecule has 0 amide bonds. The van der Waals surface area contributed by atoms with E-state index >= 15 is 0 Å². The molecule has 26 heavy (non-hydrogen) atoms. The van der Waals surface area contributed by atoms with Crippen LogP contribution < -0.4 is 0 Å². The average molecular weight is 361 g/mol. The van der Waals surface area contributed by atoms with Crippen LogP contribution in [-0.4, -0.2) is 12.1 Å². The maximum atomic E-state index is 12.1. The number of esters is 1. The first-order valence-corrected chi connectivity index (χ1v) is 10.8. The Hall–Kier alpha value is -1.31. The number of benzene rings is 1. The third-order valence-corrected chi connectivity index (χ3v) is 5.51. The van der Waals surface area contributed by atoms with Crippen molar-refractivity contribution in [1.29, 1.82) is 0 Å². The van der Waals surface area contributed by atoms with Gasteiger partial charge in [0.15, 0.2) is 0 Å². The summed E-state index contributed by atoms with van der Waals surface area (Å²) in [6, 6.07) is 9.27. The normalized spacial score (nSPS) is 14.6. The number of hydrogen-bond acceptors (Lipinski definition) is 2. The van der Waals surface area contributed by atoms with E-state index in [1.165, 1.54) is 57.8 Å². The van der Waals surface area contributed by atoms with Crippen LogP contribution in [0.15, 0.2) is 30.3 Å². The van der Waals surface area contributed by atoms with Crippen LogP contribution in [0.4, 0.5) is 0 Å².